The number of nitro groups is 1. The predicted molar refractivity (Wildman–Crippen MR) is 84.8 cm³/mol. The molecule has 3 N–H and O–H groups in total. The molecule has 21 heavy (non-hydrogen) atoms. The van der Waals surface area contributed by atoms with Crippen LogP contribution in [0.25, 0.3) is 0 Å². The van der Waals surface area contributed by atoms with Gasteiger partial charge >= 0.3 is 0 Å². The molecule has 0 heterocycles. The number of carbonyl (C=O) groups is 1. The van der Waals surface area contributed by atoms with E-state index < -0.39 is 4.92 Å². The van der Waals surface area contributed by atoms with Crippen LogP contribution in [0.5, 0.6) is 0 Å². The number of carbonyl (C=O) groups excluding carboxylic acids is 1. The van der Waals surface area contributed by atoms with Crippen molar-refractivity contribution in [1.82, 2.24) is 5.32 Å². The van der Waals surface area contributed by atoms with Gasteiger partial charge in [0, 0.05) is 30.3 Å². The van der Waals surface area contributed by atoms with Gasteiger partial charge in [-0.15, -0.1) is 12.4 Å². The van der Waals surface area contributed by atoms with Crippen molar-refractivity contribution in [1.29, 1.82) is 0 Å². The fourth-order valence-corrected chi connectivity index (χ4v) is 2.06. The highest BCUT2D eigenvalue weighted by Crippen LogP contribution is 2.17. The molecule has 1 aromatic carbocycles. The van der Waals surface area contributed by atoms with E-state index >= 15 is 0 Å². The first-order valence-corrected chi connectivity index (χ1v) is 6.61. The molecular weight excluding hydrogens is 294 g/mol. The van der Waals surface area contributed by atoms with Crippen LogP contribution in [0, 0.1) is 23.0 Å². The van der Waals surface area contributed by atoms with E-state index in [4.69, 9.17) is 5.73 Å². The summed E-state index contributed by atoms with van der Waals surface area (Å²) in [5.74, 6) is 0.190. The average Bonchev–Trinajstić information content (AvgIpc) is 2.36. The second-order valence-corrected chi connectivity index (χ2v) is 5.29. The zero-order valence-electron chi connectivity index (χ0n) is 12.5. The van der Waals surface area contributed by atoms with Crippen molar-refractivity contribution in [3.63, 3.8) is 0 Å². The zero-order valence-corrected chi connectivity index (χ0v) is 13.3. The Balaban J connectivity index is 0.00000400. The molecule has 0 bridgehead atoms. The minimum absolute atomic E-state index is 0. The summed E-state index contributed by atoms with van der Waals surface area (Å²) in [7, 11) is 0. The number of nitro benzene ring substituents is 1. The fraction of sp³-hybridized carbons (Fsp3) is 0.500. The lowest BCUT2D eigenvalue weighted by Crippen LogP contribution is -2.41. The zero-order chi connectivity index (χ0) is 15.3. The molecule has 1 rings (SSSR count). The molecule has 0 fully saturated rings. The number of nitrogens with one attached hydrogen (secondary N) is 1. The summed E-state index contributed by atoms with van der Waals surface area (Å²) in [5, 5.41) is 13.5. The van der Waals surface area contributed by atoms with E-state index in [-0.39, 0.29) is 30.0 Å². The maximum Gasteiger partial charge on any atom is 0.269 e. The van der Waals surface area contributed by atoms with E-state index in [9.17, 15) is 14.9 Å². The van der Waals surface area contributed by atoms with Crippen LogP contribution >= 0.6 is 12.4 Å². The summed E-state index contributed by atoms with van der Waals surface area (Å²) < 4.78 is 0. The van der Waals surface area contributed by atoms with Gasteiger partial charge in [0.15, 0.2) is 0 Å². The van der Waals surface area contributed by atoms with Crippen molar-refractivity contribution >= 4 is 24.0 Å². The van der Waals surface area contributed by atoms with E-state index in [1.807, 2.05) is 0 Å². The van der Waals surface area contributed by atoms with Crippen molar-refractivity contribution in [2.45, 2.75) is 33.2 Å². The number of benzene rings is 1. The molecular formula is C14H22ClN3O3. The Morgan fingerprint density at radius 3 is 2.48 bits per heavy atom. The van der Waals surface area contributed by atoms with E-state index in [2.05, 4.69) is 19.2 Å². The molecule has 1 aromatic rings. The molecule has 6 nitrogen and oxygen atoms in total. The minimum atomic E-state index is -0.476. The van der Waals surface area contributed by atoms with Crippen molar-refractivity contribution in [3.8, 4) is 0 Å². The molecule has 1 atom stereocenters. The Kier molecular flexibility index (Phi) is 7.91. The second kappa shape index (κ2) is 8.59. The Hall–Kier alpha value is -1.66. The van der Waals surface area contributed by atoms with Crippen LogP contribution in [0.3, 0.4) is 0 Å². The third-order valence-corrected chi connectivity index (χ3v) is 3.04. The summed E-state index contributed by atoms with van der Waals surface area (Å²) in [6.07, 6.45) is 0.800. The molecule has 1 unspecified atom stereocenters. The molecule has 7 heteroatoms. The summed E-state index contributed by atoms with van der Waals surface area (Å²) in [6, 6.07) is 4.12. The fourth-order valence-electron chi connectivity index (χ4n) is 2.06. The van der Waals surface area contributed by atoms with Gasteiger partial charge in [-0.3, -0.25) is 14.9 Å². The molecule has 0 aliphatic rings. The average molecular weight is 316 g/mol. The highest BCUT2D eigenvalue weighted by Gasteiger charge is 2.17. The first-order valence-electron chi connectivity index (χ1n) is 6.61. The first-order chi connectivity index (χ1) is 9.35. The van der Waals surface area contributed by atoms with Crippen LogP contribution in [0.2, 0.25) is 0 Å². The Labute approximate surface area is 130 Å². The number of nitrogens with two attached hydrogens (primary N) is 1. The van der Waals surface area contributed by atoms with Gasteiger partial charge in [0.05, 0.1) is 4.92 Å². The summed E-state index contributed by atoms with van der Waals surface area (Å²) in [5.41, 5.74) is 6.65. The molecule has 0 aliphatic carbocycles. The number of aryl methyl sites for hydroxylation is 1. The van der Waals surface area contributed by atoms with Crippen LogP contribution in [-0.2, 0) is 0 Å². The number of amides is 1. The minimum Gasteiger partial charge on any atom is -0.348 e. The van der Waals surface area contributed by atoms with Gasteiger partial charge < -0.3 is 11.1 Å². The van der Waals surface area contributed by atoms with Crippen LogP contribution in [0.4, 0.5) is 5.69 Å². The largest absolute Gasteiger partial charge is 0.348 e. The number of hydrogen-bond acceptors (Lipinski definition) is 4. The lowest BCUT2D eigenvalue weighted by molar-refractivity contribution is -0.384. The van der Waals surface area contributed by atoms with Crippen molar-refractivity contribution < 1.29 is 9.72 Å². The van der Waals surface area contributed by atoms with Gasteiger partial charge in [0.1, 0.15) is 0 Å². The summed E-state index contributed by atoms with van der Waals surface area (Å²) in [4.78, 5) is 22.4. The van der Waals surface area contributed by atoms with Gasteiger partial charge in [-0.05, 0) is 30.9 Å². The van der Waals surface area contributed by atoms with E-state index in [1.54, 1.807) is 6.92 Å². The van der Waals surface area contributed by atoms with Gasteiger partial charge in [-0.25, -0.2) is 0 Å². The summed E-state index contributed by atoms with van der Waals surface area (Å²) in [6.45, 7) is 6.18. The Bertz CT molecular complexity index is 506. The van der Waals surface area contributed by atoms with Gasteiger partial charge in [0.2, 0.25) is 0 Å². The number of hydrogen-bond donors (Lipinski definition) is 2. The molecule has 0 saturated carbocycles. The first kappa shape index (κ1) is 19.3. The van der Waals surface area contributed by atoms with Gasteiger partial charge in [-0.2, -0.15) is 0 Å². The smallest absolute Gasteiger partial charge is 0.269 e. The summed E-state index contributed by atoms with van der Waals surface area (Å²) >= 11 is 0. The third kappa shape index (κ3) is 5.69. The molecule has 0 saturated heterocycles. The normalized spacial score (nSPS) is 11.7. The molecule has 118 valence electrons. The monoisotopic (exact) mass is 315 g/mol. The number of nitrogens with zero attached hydrogens (tertiary/aromatic N) is 1. The maximum absolute atomic E-state index is 12.2. The number of non-ortho nitro benzene ring substituents is 1. The molecule has 1 amide bonds. The van der Waals surface area contributed by atoms with Crippen molar-refractivity contribution in [3.05, 3.63) is 39.4 Å². The van der Waals surface area contributed by atoms with Crippen molar-refractivity contribution in [2.75, 3.05) is 6.54 Å². The Morgan fingerprint density at radius 1 is 1.43 bits per heavy atom. The van der Waals surface area contributed by atoms with Gasteiger partial charge in [-0.1, -0.05) is 13.8 Å². The number of rotatable bonds is 6. The van der Waals surface area contributed by atoms with Crippen LogP contribution in [0.15, 0.2) is 18.2 Å². The molecule has 0 aromatic heterocycles. The SMILES string of the molecule is Cc1cc([N+](=O)[O-])ccc1C(=O)NC(CN)CC(C)C.Cl. The third-order valence-electron chi connectivity index (χ3n) is 3.04. The topological polar surface area (TPSA) is 98.3 Å². The lowest BCUT2D eigenvalue weighted by Gasteiger charge is -2.19. The lowest BCUT2D eigenvalue weighted by atomic mass is 10.0. The van der Waals surface area contributed by atoms with Crippen LogP contribution in [0.1, 0.15) is 36.2 Å². The van der Waals surface area contributed by atoms with E-state index in [1.165, 1.54) is 18.2 Å². The van der Waals surface area contributed by atoms with E-state index in [0.717, 1.165) is 6.42 Å². The van der Waals surface area contributed by atoms with Crippen molar-refractivity contribution in [2.24, 2.45) is 11.7 Å². The molecule has 0 spiro atoms. The second-order valence-electron chi connectivity index (χ2n) is 5.29. The van der Waals surface area contributed by atoms with E-state index in [0.29, 0.717) is 23.6 Å². The number of halogens is 1. The highest BCUT2D eigenvalue weighted by atomic mass is 35.5. The van der Waals surface area contributed by atoms with Crippen LogP contribution < -0.4 is 11.1 Å². The maximum atomic E-state index is 12.2. The molecule has 0 radical (unpaired) electrons. The quantitative estimate of drug-likeness (QED) is 0.622. The van der Waals surface area contributed by atoms with Crippen LogP contribution in [-0.4, -0.2) is 23.4 Å². The standard InChI is InChI=1S/C14H21N3O3.ClH/c1-9(2)6-11(8-15)16-14(18)13-5-4-12(17(19)20)7-10(13)3;/h4-5,7,9,11H,6,8,15H2,1-3H3,(H,16,18);1H. The Morgan fingerprint density at radius 2 is 2.05 bits per heavy atom. The molecule has 0 aliphatic heterocycles. The van der Waals surface area contributed by atoms with Gasteiger partial charge in [0.25, 0.3) is 11.6 Å². The highest BCUT2D eigenvalue weighted by molar-refractivity contribution is 5.96. The predicted octanol–water partition coefficient (Wildman–Crippen LogP) is 2.43.